The smallest absolute Gasteiger partial charge is 0.346 e. The average molecular weight is 228 g/mol. The van der Waals surface area contributed by atoms with Crippen molar-refractivity contribution in [1.82, 2.24) is 0 Å². The second-order valence-electron chi connectivity index (χ2n) is 5.47. The van der Waals surface area contributed by atoms with Gasteiger partial charge in [0.1, 0.15) is 0 Å². The van der Waals surface area contributed by atoms with Crippen LogP contribution in [0.3, 0.4) is 0 Å². The Bertz CT molecular complexity index is 216. The quantitative estimate of drug-likeness (QED) is 0.684. The van der Waals surface area contributed by atoms with Crippen LogP contribution in [-0.4, -0.2) is 22.8 Å². The van der Waals surface area contributed by atoms with Crippen LogP contribution in [-0.2, 0) is 8.85 Å². The molecule has 3 heteroatoms. The fourth-order valence-electron chi connectivity index (χ4n) is 3.55. The third-order valence-corrected chi connectivity index (χ3v) is 9.57. The maximum Gasteiger partial charge on any atom is 0.346 e. The maximum atomic E-state index is 5.97. The van der Waals surface area contributed by atoms with Crippen LogP contribution in [0.4, 0.5) is 0 Å². The Morgan fingerprint density at radius 2 is 1.53 bits per heavy atom. The van der Waals surface area contributed by atoms with E-state index in [1.165, 1.54) is 44.9 Å². The van der Waals surface area contributed by atoms with Gasteiger partial charge < -0.3 is 8.85 Å². The van der Waals surface area contributed by atoms with E-state index >= 15 is 0 Å². The average Bonchev–Trinajstić information content (AvgIpc) is 3.06. The van der Waals surface area contributed by atoms with Gasteiger partial charge in [0.2, 0.25) is 0 Å². The molecule has 0 aromatic carbocycles. The fourth-order valence-corrected chi connectivity index (χ4v) is 8.33. The molecule has 0 unspecified atom stereocenters. The topological polar surface area (TPSA) is 18.5 Å². The normalized spacial score (nSPS) is 26.6. The first-order valence-electron chi connectivity index (χ1n) is 6.29. The molecule has 0 N–H and O–H groups in total. The van der Waals surface area contributed by atoms with Crippen LogP contribution in [0.5, 0.6) is 0 Å². The minimum Gasteiger partial charge on any atom is -0.397 e. The molecule has 2 fully saturated rings. The number of rotatable bonds is 4. The summed E-state index contributed by atoms with van der Waals surface area (Å²) >= 11 is 0. The van der Waals surface area contributed by atoms with Gasteiger partial charge in [-0.15, -0.1) is 0 Å². The monoisotopic (exact) mass is 228 g/mol. The largest absolute Gasteiger partial charge is 0.397 e. The summed E-state index contributed by atoms with van der Waals surface area (Å²) in [6, 6.07) is 0. The van der Waals surface area contributed by atoms with Crippen LogP contribution in [0, 0.1) is 0 Å². The van der Waals surface area contributed by atoms with Crippen LogP contribution >= 0.6 is 0 Å². The molecular formula is C12H24O2Si. The third-order valence-electron chi connectivity index (χ3n) is 4.52. The van der Waals surface area contributed by atoms with Gasteiger partial charge in [-0.05, 0) is 25.7 Å². The lowest BCUT2D eigenvalue weighted by atomic mass is 9.90. The first-order chi connectivity index (χ1) is 7.18. The molecule has 0 atom stereocenters. The van der Waals surface area contributed by atoms with Crippen molar-refractivity contribution in [2.45, 2.75) is 62.4 Å². The van der Waals surface area contributed by atoms with Crippen molar-refractivity contribution in [3.63, 3.8) is 0 Å². The SMILES string of the molecule is CO[Si](OC)(C1CC1)C1(C)CCCCC1. The predicted octanol–water partition coefficient (Wildman–Crippen LogP) is 3.61. The second-order valence-corrected chi connectivity index (χ2v) is 9.65. The Morgan fingerprint density at radius 3 is 1.93 bits per heavy atom. The number of hydrogen-bond donors (Lipinski definition) is 0. The van der Waals surface area contributed by atoms with Crippen molar-refractivity contribution in [1.29, 1.82) is 0 Å². The zero-order valence-corrected chi connectivity index (χ0v) is 11.3. The number of hydrogen-bond acceptors (Lipinski definition) is 2. The zero-order valence-electron chi connectivity index (χ0n) is 10.3. The summed E-state index contributed by atoms with van der Waals surface area (Å²) in [5.41, 5.74) is 0.774. The molecule has 0 aromatic rings. The lowest BCUT2D eigenvalue weighted by Crippen LogP contribution is -2.52. The molecule has 2 saturated carbocycles. The van der Waals surface area contributed by atoms with Gasteiger partial charge in [0.15, 0.2) is 0 Å². The lowest BCUT2D eigenvalue weighted by molar-refractivity contribution is 0.182. The van der Waals surface area contributed by atoms with Crippen LogP contribution in [0.25, 0.3) is 0 Å². The molecular weight excluding hydrogens is 204 g/mol. The summed E-state index contributed by atoms with van der Waals surface area (Å²) in [6.07, 6.45) is 9.44. The molecule has 0 bridgehead atoms. The summed E-state index contributed by atoms with van der Waals surface area (Å²) in [4.78, 5) is 0. The standard InChI is InChI=1S/C12H24O2Si/c1-12(9-5-4-6-10-12)15(13-2,14-3)11-7-8-11/h11H,4-10H2,1-3H3. The van der Waals surface area contributed by atoms with Crippen molar-refractivity contribution in [2.75, 3.05) is 14.2 Å². The van der Waals surface area contributed by atoms with Crippen molar-refractivity contribution in [2.24, 2.45) is 0 Å². The van der Waals surface area contributed by atoms with Gasteiger partial charge >= 0.3 is 8.56 Å². The van der Waals surface area contributed by atoms with Gasteiger partial charge in [0.05, 0.1) is 0 Å². The summed E-state index contributed by atoms with van der Waals surface area (Å²) in [5, 5.41) is 0.371. The van der Waals surface area contributed by atoms with Gasteiger partial charge in [-0.2, -0.15) is 0 Å². The summed E-state index contributed by atoms with van der Waals surface area (Å²) < 4.78 is 11.9. The molecule has 0 saturated heterocycles. The third kappa shape index (κ3) is 1.79. The van der Waals surface area contributed by atoms with Crippen molar-refractivity contribution in [3.05, 3.63) is 0 Å². The molecule has 2 aliphatic rings. The van der Waals surface area contributed by atoms with Gasteiger partial charge in [-0.25, -0.2) is 0 Å². The van der Waals surface area contributed by atoms with Crippen LogP contribution in [0.2, 0.25) is 10.6 Å². The Balaban J connectivity index is 2.21. The van der Waals surface area contributed by atoms with Crippen molar-refractivity contribution in [3.8, 4) is 0 Å². The molecule has 2 nitrogen and oxygen atoms in total. The molecule has 0 amide bonds. The highest BCUT2D eigenvalue weighted by molar-refractivity contribution is 6.73. The minimum atomic E-state index is -1.93. The van der Waals surface area contributed by atoms with E-state index in [0.29, 0.717) is 5.04 Å². The second kappa shape index (κ2) is 4.19. The van der Waals surface area contributed by atoms with E-state index in [-0.39, 0.29) is 0 Å². The van der Waals surface area contributed by atoms with Crippen LogP contribution in [0.1, 0.15) is 51.9 Å². The summed E-state index contributed by atoms with van der Waals surface area (Å²) in [5.74, 6) is 0. The van der Waals surface area contributed by atoms with Crippen molar-refractivity contribution >= 4 is 8.56 Å². The van der Waals surface area contributed by atoms with Crippen LogP contribution < -0.4 is 0 Å². The van der Waals surface area contributed by atoms with Crippen molar-refractivity contribution < 1.29 is 8.85 Å². The Kier molecular flexibility index (Phi) is 3.24. The molecule has 2 rings (SSSR count). The first-order valence-corrected chi connectivity index (χ1v) is 8.18. The lowest BCUT2D eigenvalue weighted by Gasteiger charge is -2.46. The van der Waals surface area contributed by atoms with Crippen LogP contribution in [0.15, 0.2) is 0 Å². The highest BCUT2D eigenvalue weighted by Gasteiger charge is 2.61. The fraction of sp³-hybridized carbons (Fsp3) is 1.00. The highest BCUT2D eigenvalue weighted by Crippen LogP contribution is 2.61. The molecule has 88 valence electrons. The predicted molar refractivity (Wildman–Crippen MR) is 64.2 cm³/mol. The summed E-state index contributed by atoms with van der Waals surface area (Å²) in [6.45, 7) is 2.42. The van der Waals surface area contributed by atoms with Gasteiger partial charge in [0.25, 0.3) is 0 Å². The molecule has 0 radical (unpaired) electrons. The van der Waals surface area contributed by atoms with E-state index in [4.69, 9.17) is 8.85 Å². The Labute approximate surface area is 94.6 Å². The Hall–Kier alpha value is 0.137. The van der Waals surface area contributed by atoms with E-state index in [9.17, 15) is 0 Å². The molecule has 0 aliphatic heterocycles. The van der Waals surface area contributed by atoms with E-state index in [2.05, 4.69) is 6.92 Å². The van der Waals surface area contributed by atoms with Gasteiger partial charge in [-0.3, -0.25) is 0 Å². The Morgan fingerprint density at radius 1 is 1.00 bits per heavy atom. The van der Waals surface area contributed by atoms with E-state index < -0.39 is 8.56 Å². The minimum absolute atomic E-state index is 0.371. The van der Waals surface area contributed by atoms with E-state index in [1.54, 1.807) is 0 Å². The molecule has 0 aromatic heterocycles. The molecule has 2 aliphatic carbocycles. The summed E-state index contributed by atoms with van der Waals surface area (Å²) in [7, 11) is 1.83. The molecule has 0 heterocycles. The highest BCUT2D eigenvalue weighted by atomic mass is 28.4. The zero-order chi connectivity index (χ0) is 10.9. The van der Waals surface area contributed by atoms with E-state index in [1.807, 2.05) is 14.2 Å². The maximum absolute atomic E-state index is 5.97. The van der Waals surface area contributed by atoms with E-state index in [0.717, 1.165) is 5.54 Å². The molecule has 15 heavy (non-hydrogen) atoms. The van der Waals surface area contributed by atoms with Gasteiger partial charge in [0, 0.05) is 24.8 Å². The molecule has 0 spiro atoms. The first kappa shape index (κ1) is 11.6. The van der Waals surface area contributed by atoms with Gasteiger partial charge in [-0.1, -0.05) is 26.2 Å².